The summed E-state index contributed by atoms with van der Waals surface area (Å²) in [5.41, 5.74) is 1.80. The second kappa shape index (κ2) is 7.79. The molecule has 2 aromatic carbocycles. The van der Waals surface area contributed by atoms with Crippen molar-refractivity contribution in [2.75, 3.05) is 20.2 Å². The number of likely N-dealkylation sites (tertiary alicyclic amines) is 1. The van der Waals surface area contributed by atoms with Crippen molar-refractivity contribution in [3.05, 3.63) is 71.0 Å². The number of ether oxygens (including phenoxy) is 2. The topological polar surface area (TPSA) is 55.8 Å². The minimum Gasteiger partial charge on any atom is -0.485 e. The lowest BCUT2D eigenvalue weighted by molar-refractivity contribution is -0.134. The summed E-state index contributed by atoms with van der Waals surface area (Å²) in [6.45, 7) is 2.17. The number of benzene rings is 2. The van der Waals surface area contributed by atoms with Crippen molar-refractivity contribution in [1.82, 2.24) is 4.90 Å². The summed E-state index contributed by atoms with van der Waals surface area (Å²) in [6.07, 6.45) is 4.03. The van der Waals surface area contributed by atoms with Crippen molar-refractivity contribution < 1.29 is 23.5 Å². The molecule has 150 valence electrons. The molecule has 0 bridgehead atoms. The van der Waals surface area contributed by atoms with E-state index in [-0.39, 0.29) is 11.6 Å². The molecule has 2 aliphatic rings. The molecule has 0 radical (unpaired) electrons. The Balaban J connectivity index is 1.47. The van der Waals surface area contributed by atoms with Gasteiger partial charge >= 0.3 is 5.97 Å². The average Bonchev–Trinajstić information content (AvgIpc) is 3.09. The second-order valence-corrected chi connectivity index (χ2v) is 7.58. The summed E-state index contributed by atoms with van der Waals surface area (Å²) >= 11 is 0. The molecule has 2 aromatic rings. The van der Waals surface area contributed by atoms with Gasteiger partial charge in [0.2, 0.25) is 0 Å². The van der Waals surface area contributed by atoms with Gasteiger partial charge < -0.3 is 9.47 Å². The van der Waals surface area contributed by atoms with Gasteiger partial charge in [-0.05, 0) is 41.5 Å². The average molecular weight is 395 g/mol. The van der Waals surface area contributed by atoms with E-state index < -0.39 is 11.6 Å². The van der Waals surface area contributed by atoms with Crippen LogP contribution in [0.3, 0.4) is 0 Å². The van der Waals surface area contributed by atoms with Gasteiger partial charge in [0.15, 0.2) is 5.78 Å². The minimum atomic E-state index is -0.520. The molecule has 29 heavy (non-hydrogen) atoms. The lowest BCUT2D eigenvalue weighted by Gasteiger charge is -2.35. The number of ketones is 1. The molecule has 0 N–H and O–H groups in total. The number of carbonyl (C=O) groups excluding carboxylic acids is 2. The summed E-state index contributed by atoms with van der Waals surface area (Å²) in [6, 6.07) is 11.8. The van der Waals surface area contributed by atoms with Crippen LogP contribution in [0.2, 0.25) is 0 Å². The molecule has 6 heteroatoms. The molecular weight excluding hydrogens is 373 g/mol. The van der Waals surface area contributed by atoms with Crippen LogP contribution in [0.25, 0.3) is 6.08 Å². The molecule has 0 saturated carbocycles. The van der Waals surface area contributed by atoms with Gasteiger partial charge in [0.25, 0.3) is 0 Å². The SMILES string of the molecule is COC(=O)C=Cc1ccc2c(c1)C(=O)CC1(CCN(Cc3ccc(F)cc3)C1)O2. The summed E-state index contributed by atoms with van der Waals surface area (Å²) in [7, 11) is 1.32. The first-order chi connectivity index (χ1) is 14.0. The first kappa shape index (κ1) is 19.3. The molecular formula is C23H22FNO4. The summed E-state index contributed by atoms with van der Waals surface area (Å²) in [5.74, 6) is -0.0648. The lowest BCUT2D eigenvalue weighted by atomic mass is 9.88. The fraction of sp³-hybridized carbons (Fsp3) is 0.304. The van der Waals surface area contributed by atoms with Crippen molar-refractivity contribution in [3.8, 4) is 5.75 Å². The first-order valence-corrected chi connectivity index (χ1v) is 9.55. The van der Waals surface area contributed by atoms with E-state index in [0.717, 1.165) is 24.1 Å². The van der Waals surface area contributed by atoms with E-state index in [2.05, 4.69) is 9.64 Å². The Kier molecular flexibility index (Phi) is 5.20. The van der Waals surface area contributed by atoms with Gasteiger partial charge in [-0.25, -0.2) is 9.18 Å². The Labute approximate surface area is 168 Å². The predicted octanol–water partition coefficient (Wildman–Crippen LogP) is 3.62. The third-order valence-corrected chi connectivity index (χ3v) is 5.44. The monoisotopic (exact) mass is 395 g/mol. The maximum atomic E-state index is 13.1. The summed E-state index contributed by atoms with van der Waals surface area (Å²) < 4.78 is 24.0. The standard InChI is InChI=1S/C23H22FNO4/c1-28-22(27)9-5-16-4-8-21-19(12-16)20(26)13-23(29-21)10-11-25(15-23)14-17-2-6-18(24)7-3-17/h2-9,12H,10-11,13-15H2,1H3. The number of esters is 1. The molecule has 4 rings (SSSR count). The van der Waals surface area contributed by atoms with E-state index in [0.29, 0.717) is 30.8 Å². The van der Waals surface area contributed by atoms with Gasteiger partial charge in [0.1, 0.15) is 17.2 Å². The molecule has 2 heterocycles. The van der Waals surface area contributed by atoms with Gasteiger partial charge in [-0.1, -0.05) is 18.2 Å². The highest BCUT2D eigenvalue weighted by Gasteiger charge is 2.45. The molecule has 0 aliphatic carbocycles. The Bertz CT molecular complexity index is 969. The van der Waals surface area contributed by atoms with Gasteiger partial charge in [0.05, 0.1) is 19.1 Å². The second-order valence-electron chi connectivity index (χ2n) is 7.58. The maximum absolute atomic E-state index is 13.1. The number of hydrogen-bond donors (Lipinski definition) is 0. The zero-order chi connectivity index (χ0) is 20.4. The van der Waals surface area contributed by atoms with Crippen LogP contribution in [0.5, 0.6) is 5.75 Å². The van der Waals surface area contributed by atoms with E-state index in [9.17, 15) is 14.0 Å². The van der Waals surface area contributed by atoms with Crippen LogP contribution in [-0.4, -0.2) is 42.5 Å². The van der Waals surface area contributed by atoms with Crippen molar-refractivity contribution in [3.63, 3.8) is 0 Å². The van der Waals surface area contributed by atoms with Crippen LogP contribution < -0.4 is 4.74 Å². The molecule has 0 aromatic heterocycles. The van der Waals surface area contributed by atoms with Gasteiger partial charge in [0, 0.05) is 32.1 Å². The third-order valence-electron chi connectivity index (χ3n) is 5.44. The van der Waals surface area contributed by atoms with Crippen LogP contribution in [0, 0.1) is 5.82 Å². The molecule has 1 unspecified atom stereocenters. The number of Topliss-reactive ketones (excluding diaryl/α,β-unsaturated/α-hetero) is 1. The zero-order valence-corrected chi connectivity index (χ0v) is 16.2. The largest absolute Gasteiger partial charge is 0.485 e. The van der Waals surface area contributed by atoms with Crippen molar-refractivity contribution >= 4 is 17.8 Å². The van der Waals surface area contributed by atoms with Crippen LogP contribution >= 0.6 is 0 Å². The third kappa shape index (κ3) is 4.22. The fourth-order valence-corrected chi connectivity index (χ4v) is 3.99. The van der Waals surface area contributed by atoms with Crippen molar-refractivity contribution in [2.45, 2.75) is 25.0 Å². The highest BCUT2D eigenvalue weighted by molar-refractivity contribution is 6.01. The maximum Gasteiger partial charge on any atom is 0.330 e. The van der Waals surface area contributed by atoms with Crippen LogP contribution in [-0.2, 0) is 16.1 Å². The Morgan fingerprint density at radius 2 is 2.07 bits per heavy atom. The van der Waals surface area contributed by atoms with Crippen molar-refractivity contribution in [1.29, 1.82) is 0 Å². The highest BCUT2D eigenvalue weighted by Crippen LogP contribution is 2.39. The number of methoxy groups -OCH3 is 1. The Morgan fingerprint density at radius 3 is 2.83 bits per heavy atom. The number of halogens is 1. The highest BCUT2D eigenvalue weighted by atomic mass is 19.1. The molecule has 1 fully saturated rings. The lowest BCUT2D eigenvalue weighted by Crippen LogP contribution is -2.44. The molecule has 1 spiro atoms. The molecule has 1 saturated heterocycles. The van der Waals surface area contributed by atoms with Gasteiger partial charge in [-0.2, -0.15) is 0 Å². The van der Waals surface area contributed by atoms with Crippen LogP contribution in [0.15, 0.2) is 48.5 Å². The minimum absolute atomic E-state index is 0.0446. The number of rotatable bonds is 4. The van der Waals surface area contributed by atoms with E-state index in [1.807, 2.05) is 6.07 Å². The quantitative estimate of drug-likeness (QED) is 0.585. The Morgan fingerprint density at radius 1 is 1.28 bits per heavy atom. The summed E-state index contributed by atoms with van der Waals surface area (Å²) in [4.78, 5) is 26.3. The zero-order valence-electron chi connectivity index (χ0n) is 16.2. The molecule has 2 aliphatic heterocycles. The normalized spacial score (nSPS) is 21.4. The van der Waals surface area contributed by atoms with Gasteiger partial charge in [-0.3, -0.25) is 9.69 Å². The first-order valence-electron chi connectivity index (χ1n) is 9.55. The number of hydrogen-bond acceptors (Lipinski definition) is 5. The smallest absolute Gasteiger partial charge is 0.330 e. The van der Waals surface area contributed by atoms with Crippen molar-refractivity contribution in [2.24, 2.45) is 0 Å². The molecule has 0 amide bonds. The van der Waals surface area contributed by atoms with Gasteiger partial charge in [-0.15, -0.1) is 0 Å². The Hall–Kier alpha value is -2.99. The number of nitrogens with zero attached hydrogens (tertiary/aromatic N) is 1. The molecule has 5 nitrogen and oxygen atoms in total. The van der Waals surface area contributed by atoms with Crippen LogP contribution in [0.1, 0.15) is 34.3 Å². The van der Waals surface area contributed by atoms with E-state index >= 15 is 0 Å². The fourth-order valence-electron chi connectivity index (χ4n) is 3.99. The summed E-state index contributed by atoms with van der Waals surface area (Å²) in [5, 5.41) is 0. The molecule has 1 atom stereocenters. The van der Waals surface area contributed by atoms with Crippen LogP contribution in [0.4, 0.5) is 4.39 Å². The van der Waals surface area contributed by atoms with E-state index in [4.69, 9.17) is 4.74 Å². The number of carbonyl (C=O) groups is 2. The predicted molar refractivity (Wildman–Crippen MR) is 106 cm³/mol. The number of fused-ring (bicyclic) bond motifs is 1. The van der Waals surface area contributed by atoms with E-state index in [1.165, 1.54) is 25.3 Å². The van der Waals surface area contributed by atoms with E-state index in [1.54, 1.807) is 30.3 Å².